The molecule has 0 saturated heterocycles. The minimum absolute atomic E-state index is 0.0366. The van der Waals surface area contributed by atoms with Crippen LogP contribution in [0.4, 0.5) is 0 Å². The van der Waals surface area contributed by atoms with Gasteiger partial charge in [-0.25, -0.2) is 13.1 Å². The standard InChI is InChI=1S/C10H14N2O5S2/c1-12(5-4-9(14)15)8(13)7-11-19(16,17)10-3-2-6-18-10/h2-3,6,11H,4-5,7H2,1H3,(H,14,15). The van der Waals surface area contributed by atoms with Gasteiger partial charge in [-0.15, -0.1) is 11.3 Å². The molecule has 1 amide bonds. The molecule has 0 aliphatic heterocycles. The first-order valence-corrected chi connectivity index (χ1v) is 7.68. The van der Waals surface area contributed by atoms with Gasteiger partial charge >= 0.3 is 5.97 Å². The van der Waals surface area contributed by atoms with Gasteiger partial charge in [0.1, 0.15) is 4.21 Å². The Morgan fingerprint density at radius 3 is 2.68 bits per heavy atom. The number of amides is 1. The molecule has 1 rings (SSSR count). The monoisotopic (exact) mass is 306 g/mol. The minimum Gasteiger partial charge on any atom is -0.481 e. The Morgan fingerprint density at radius 1 is 1.47 bits per heavy atom. The fraction of sp³-hybridized carbons (Fsp3) is 0.400. The molecule has 0 aromatic carbocycles. The first-order valence-electron chi connectivity index (χ1n) is 5.32. The largest absolute Gasteiger partial charge is 0.481 e. The van der Waals surface area contributed by atoms with Crippen molar-refractivity contribution in [1.29, 1.82) is 0 Å². The zero-order valence-corrected chi connectivity index (χ0v) is 11.8. The summed E-state index contributed by atoms with van der Waals surface area (Å²) in [7, 11) is -2.25. The van der Waals surface area contributed by atoms with Crippen molar-refractivity contribution in [1.82, 2.24) is 9.62 Å². The van der Waals surface area contributed by atoms with Crippen molar-refractivity contribution in [2.24, 2.45) is 0 Å². The molecule has 7 nitrogen and oxygen atoms in total. The second-order valence-corrected chi connectivity index (χ2v) is 6.66. The van der Waals surface area contributed by atoms with Crippen LogP contribution in [0.25, 0.3) is 0 Å². The van der Waals surface area contributed by atoms with Gasteiger partial charge in [0.25, 0.3) is 10.0 Å². The molecule has 106 valence electrons. The summed E-state index contributed by atoms with van der Waals surface area (Å²) in [6.07, 6.45) is -0.181. The first-order chi connectivity index (χ1) is 8.83. The normalized spacial score (nSPS) is 11.2. The van der Waals surface area contributed by atoms with E-state index in [1.165, 1.54) is 18.0 Å². The van der Waals surface area contributed by atoms with E-state index in [1.54, 1.807) is 11.4 Å². The third-order valence-corrected chi connectivity index (χ3v) is 5.06. The second-order valence-electron chi connectivity index (χ2n) is 3.72. The Hall–Kier alpha value is -1.45. The van der Waals surface area contributed by atoms with E-state index in [0.717, 1.165) is 11.3 Å². The molecule has 0 radical (unpaired) electrons. The average Bonchev–Trinajstić information content (AvgIpc) is 2.87. The quantitative estimate of drug-likeness (QED) is 0.735. The highest BCUT2D eigenvalue weighted by Crippen LogP contribution is 2.14. The molecule has 0 spiro atoms. The number of carboxylic acid groups (broad SMARTS) is 1. The summed E-state index contributed by atoms with van der Waals surface area (Å²) in [5, 5.41) is 10.1. The van der Waals surface area contributed by atoms with Gasteiger partial charge in [-0.1, -0.05) is 6.07 Å². The SMILES string of the molecule is CN(CCC(=O)O)C(=O)CNS(=O)(=O)c1cccs1. The highest BCUT2D eigenvalue weighted by atomic mass is 32.2. The van der Waals surface area contributed by atoms with Crippen LogP contribution in [-0.2, 0) is 19.6 Å². The van der Waals surface area contributed by atoms with Crippen LogP contribution in [0.15, 0.2) is 21.7 Å². The molecule has 0 unspecified atom stereocenters. The average molecular weight is 306 g/mol. The lowest BCUT2D eigenvalue weighted by molar-refractivity contribution is -0.138. The zero-order chi connectivity index (χ0) is 14.5. The number of carboxylic acids is 1. The van der Waals surface area contributed by atoms with E-state index in [9.17, 15) is 18.0 Å². The van der Waals surface area contributed by atoms with Crippen molar-refractivity contribution in [2.75, 3.05) is 20.1 Å². The fourth-order valence-electron chi connectivity index (χ4n) is 1.17. The van der Waals surface area contributed by atoms with Crippen molar-refractivity contribution in [3.8, 4) is 0 Å². The highest BCUT2D eigenvalue weighted by Gasteiger charge is 2.18. The molecule has 0 aliphatic rings. The Kier molecular flexibility index (Phi) is 5.45. The molecule has 0 saturated carbocycles. The Morgan fingerprint density at radius 2 is 2.16 bits per heavy atom. The number of nitrogens with zero attached hydrogens (tertiary/aromatic N) is 1. The number of thiophene rings is 1. The summed E-state index contributed by atoms with van der Waals surface area (Å²) in [4.78, 5) is 23.1. The minimum atomic E-state index is -3.67. The summed E-state index contributed by atoms with van der Waals surface area (Å²) >= 11 is 1.05. The van der Waals surface area contributed by atoms with E-state index >= 15 is 0 Å². The number of likely N-dealkylation sites (N-methyl/N-ethyl adjacent to an activating group) is 1. The van der Waals surface area contributed by atoms with Crippen LogP contribution < -0.4 is 4.72 Å². The Bertz CT molecular complexity index is 538. The molecule has 0 fully saturated rings. The van der Waals surface area contributed by atoms with Crippen LogP contribution in [0.1, 0.15) is 6.42 Å². The second kappa shape index (κ2) is 6.64. The predicted molar refractivity (Wildman–Crippen MR) is 69.4 cm³/mol. The van der Waals surface area contributed by atoms with Gasteiger partial charge in [0.2, 0.25) is 5.91 Å². The van der Waals surface area contributed by atoms with Crippen LogP contribution >= 0.6 is 11.3 Å². The van der Waals surface area contributed by atoms with Crippen LogP contribution in [0.5, 0.6) is 0 Å². The predicted octanol–water partition coefficient (Wildman–Crippen LogP) is -0.0405. The van der Waals surface area contributed by atoms with Gasteiger partial charge in [-0.3, -0.25) is 9.59 Å². The van der Waals surface area contributed by atoms with Crippen molar-refractivity contribution in [3.05, 3.63) is 17.5 Å². The number of sulfonamides is 1. The number of nitrogens with one attached hydrogen (secondary N) is 1. The summed E-state index contributed by atoms with van der Waals surface area (Å²) in [6, 6.07) is 3.03. The molecule has 0 aliphatic carbocycles. The van der Waals surface area contributed by atoms with Crippen LogP contribution in [0.2, 0.25) is 0 Å². The van der Waals surface area contributed by atoms with E-state index < -0.39 is 28.4 Å². The van der Waals surface area contributed by atoms with Crippen LogP contribution in [0, 0.1) is 0 Å². The van der Waals surface area contributed by atoms with E-state index in [0.29, 0.717) is 0 Å². The number of hydrogen-bond acceptors (Lipinski definition) is 5. The lowest BCUT2D eigenvalue weighted by atomic mass is 10.4. The summed E-state index contributed by atoms with van der Waals surface area (Å²) in [6.45, 7) is -0.356. The molecular formula is C10H14N2O5S2. The molecule has 0 bridgehead atoms. The Labute approximate surface area is 114 Å². The summed E-state index contributed by atoms with van der Waals surface area (Å²) in [5.74, 6) is -1.50. The van der Waals surface area contributed by atoms with E-state index in [4.69, 9.17) is 5.11 Å². The molecular weight excluding hydrogens is 292 g/mol. The van der Waals surface area contributed by atoms with Crippen molar-refractivity contribution in [3.63, 3.8) is 0 Å². The topological polar surface area (TPSA) is 104 Å². The van der Waals surface area contributed by atoms with Crippen molar-refractivity contribution >= 4 is 33.2 Å². The molecule has 2 N–H and O–H groups in total. The lowest BCUT2D eigenvalue weighted by Crippen LogP contribution is -2.38. The smallest absolute Gasteiger partial charge is 0.305 e. The number of aliphatic carboxylic acids is 1. The van der Waals surface area contributed by atoms with Gasteiger partial charge in [0, 0.05) is 13.6 Å². The van der Waals surface area contributed by atoms with E-state index in [1.807, 2.05) is 0 Å². The van der Waals surface area contributed by atoms with Gasteiger partial charge in [-0.2, -0.15) is 0 Å². The van der Waals surface area contributed by atoms with E-state index in [2.05, 4.69) is 4.72 Å². The Balaban J connectivity index is 2.48. The number of carbonyl (C=O) groups excluding carboxylic acids is 1. The number of hydrogen-bond donors (Lipinski definition) is 2. The first kappa shape index (κ1) is 15.6. The number of carbonyl (C=O) groups is 2. The highest BCUT2D eigenvalue weighted by molar-refractivity contribution is 7.91. The summed E-state index contributed by atoms with van der Waals surface area (Å²) in [5.41, 5.74) is 0. The van der Waals surface area contributed by atoms with Crippen LogP contribution in [0.3, 0.4) is 0 Å². The number of rotatable bonds is 7. The molecule has 1 heterocycles. The third kappa shape index (κ3) is 4.97. The molecule has 9 heteroatoms. The zero-order valence-electron chi connectivity index (χ0n) is 10.2. The third-order valence-electron chi connectivity index (χ3n) is 2.26. The van der Waals surface area contributed by atoms with Crippen LogP contribution in [-0.4, -0.2) is 50.4 Å². The van der Waals surface area contributed by atoms with E-state index in [-0.39, 0.29) is 17.2 Å². The maximum absolute atomic E-state index is 11.7. The summed E-state index contributed by atoms with van der Waals surface area (Å²) < 4.78 is 25.7. The maximum Gasteiger partial charge on any atom is 0.305 e. The van der Waals surface area contributed by atoms with Gasteiger partial charge < -0.3 is 10.0 Å². The molecule has 1 aromatic heterocycles. The van der Waals surface area contributed by atoms with Gasteiger partial charge in [-0.05, 0) is 11.4 Å². The maximum atomic E-state index is 11.7. The lowest BCUT2D eigenvalue weighted by Gasteiger charge is -2.16. The fourth-order valence-corrected chi connectivity index (χ4v) is 3.18. The molecule has 1 aromatic rings. The van der Waals surface area contributed by atoms with Gasteiger partial charge in [0.15, 0.2) is 0 Å². The van der Waals surface area contributed by atoms with Gasteiger partial charge in [0.05, 0.1) is 13.0 Å². The molecule has 0 atom stereocenters. The van der Waals surface area contributed by atoms with Crippen molar-refractivity contribution < 1.29 is 23.1 Å². The van der Waals surface area contributed by atoms with Crippen molar-refractivity contribution in [2.45, 2.75) is 10.6 Å². The molecule has 19 heavy (non-hydrogen) atoms.